The van der Waals surface area contributed by atoms with Crippen molar-refractivity contribution in [2.45, 2.75) is 32.1 Å². The Morgan fingerprint density at radius 2 is 2.00 bits per heavy atom. The van der Waals surface area contributed by atoms with Gasteiger partial charge in [0.2, 0.25) is 0 Å². The van der Waals surface area contributed by atoms with Crippen LogP contribution in [0.25, 0.3) is 0 Å². The van der Waals surface area contributed by atoms with Gasteiger partial charge in [0.05, 0.1) is 5.92 Å². The molecule has 0 saturated heterocycles. The maximum absolute atomic E-state index is 11.2. The van der Waals surface area contributed by atoms with Crippen LogP contribution < -0.4 is 0 Å². The van der Waals surface area contributed by atoms with Crippen LogP contribution in [0.5, 0.6) is 0 Å². The van der Waals surface area contributed by atoms with Gasteiger partial charge >= 0.3 is 5.97 Å². The highest BCUT2D eigenvalue weighted by molar-refractivity contribution is 5.75. The summed E-state index contributed by atoms with van der Waals surface area (Å²) in [5.74, 6) is -1.13. The van der Waals surface area contributed by atoms with Crippen LogP contribution in [0, 0.1) is 0 Å². The maximum Gasteiger partial charge on any atom is 0.310 e. The van der Waals surface area contributed by atoms with Gasteiger partial charge in [-0.25, -0.2) is 0 Å². The first-order valence-electron chi connectivity index (χ1n) is 5.53. The van der Waals surface area contributed by atoms with Crippen molar-refractivity contribution in [3.8, 4) is 0 Å². The number of aliphatic carboxylic acids is 1. The Bertz CT molecular complexity index is 354. The van der Waals surface area contributed by atoms with Crippen molar-refractivity contribution in [1.29, 1.82) is 0 Å². The van der Waals surface area contributed by atoms with Gasteiger partial charge in [-0.1, -0.05) is 35.9 Å². The molecule has 16 heavy (non-hydrogen) atoms. The summed E-state index contributed by atoms with van der Waals surface area (Å²) in [7, 11) is 0. The second-order valence-corrected chi connectivity index (χ2v) is 4.15. The quantitative estimate of drug-likeness (QED) is 0.741. The number of rotatable bonds is 6. The molecule has 2 heteroatoms. The van der Waals surface area contributed by atoms with Crippen molar-refractivity contribution >= 4 is 5.97 Å². The van der Waals surface area contributed by atoms with Gasteiger partial charge in [0.25, 0.3) is 0 Å². The molecule has 0 radical (unpaired) electrons. The molecule has 0 saturated carbocycles. The molecule has 2 nitrogen and oxygen atoms in total. The van der Waals surface area contributed by atoms with E-state index in [1.807, 2.05) is 37.3 Å². The van der Waals surface area contributed by atoms with E-state index in [4.69, 9.17) is 5.11 Å². The van der Waals surface area contributed by atoms with Gasteiger partial charge in [-0.15, -0.1) is 6.58 Å². The Balaban J connectivity index is 2.62. The van der Waals surface area contributed by atoms with Crippen LogP contribution in [0.3, 0.4) is 0 Å². The number of allylic oxidation sites excluding steroid dienone is 1. The molecule has 1 N–H and O–H groups in total. The summed E-state index contributed by atoms with van der Waals surface area (Å²) >= 11 is 0. The third kappa shape index (κ3) is 3.89. The lowest BCUT2D eigenvalue weighted by Crippen LogP contribution is -2.11. The molecular weight excluding hydrogens is 200 g/mol. The van der Waals surface area contributed by atoms with Crippen LogP contribution in [0.2, 0.25) is 0 Å². The molecule has 1 aromatic rings. The lowest BCUT2D eigenvalue weighted by atomic mass is 9.93. The van der Waals surface area contributed by atoms with E-state index in [2.05, 4.69) is 6.58 Å². The van der Waals surface area contributed by atoms with Crippen LogP contribution in [-0.4, -0.2) is 11.1 Å². The summed E-state index contributed by atoms with van der Waals surface area (Å²) in [4.78, 5) is 11.2. The first kappa shape index (κ1) is 12.5. The Morgan fingerprint density at radius 3 is 2.50 bits per heavy atom. The molecule has 0 aliphatic heterocycles. The van der Waals surface area contributed by atoms with Crippen molar-refractivity contribution in [3.63, 3.8) is 0 Å². The zero-order valence-corrected chi connectivity index (χ0v) is 9.65. The molecule has 86 valence electrons. The summed E-state index contributed by atoms with van der Waals surface area (Å²) in [5, 5.41) is 9.17. The maximum atomic E-state index is 11.2. The molecule has 0 amide bonds. The molecule has 0 bridgehead atoms. The molecule has 1 atom stereocenters. The first-order chi connectivity index (χ1) is 7.61. The van der Waals surface area contributed by atoms with Crippen molar-refractivity contribution < 1.29 is 9.90 Å². The largest absolute Gasteiger partial charge is 0.481 e. The minimum Gasteiger partial charge on any atom is -0.481 e. The zero-order valence-electron chi connectivity index (χ0n) is 9.65. The monoisotopic (exact) mass is 218 g/mol. The van der Waals surface area contributed by atoms with Crippen LogP contribution in [0.4, 0.5) is 0 Å². The fourth-order valence-electron chi connectivity index (χ4n) is 1.73. The third-order valence-electron chi connectivity index (χ3n) is 2.60. The van der Waals surface area contributed by atoms with Gasteiger partial charge in [0.15, 0.2) is 0 Å². The molecule has 0 fully saturated rings. The lowest BCUT2D eigenvalue weighted by molar-refractivity contribution is -0.139. The fraction of sp³-hybridized carbons (Fsp3) is 0.357. The number of hydrogen-bond acceptors (Lipinski definition) is 1. The van der Waals surface area contributed by atoms with E-state index in [9.17, 15) is 4.79 Å². The molecule has 1 rings (SSSR count). The third-order valence-corrected chi connectivity index (χ3v) is 2.60. The Morgan fingerprint density at radius 1 is 1.38 bits per heavy atom. The van der Waals surface area contributed by atoms with Gasteiger partial charge in [-0.3, -0.25) is 4.79 Å². The van der Waals surface area contributed by atoms with Crippen LogP contribution in [0.15, 0.2) is 42.5 Å². The predicted molar refractivity (Wildman–Crippen MR) is 65.5 cm³/mol. The molecular formula is C14H18O2. The van der Waals surface area contributed by atoms with Gasteiger partial charge in [-0.2, -0.15) is 0 Å². The van der Waals surface area contributed by atoms with Gasteiger partial charge in [-0.05, 0) is 31.7 Å². The van der Waals surface area contributed by atoms with Crippen LogP contribution >= 0.6 is 0 Å². The minimum absolute atomic E-state index is 0.388. The zero-order chi connectivity index (χ0) is 12.0. The van der Waals surface area contributed by atoms with Gasteiger partial charge in [0, 0.05) is 0 Å². The SMILES string of the molecule is C=C(C)CCCC(C(=O)O)c1ccccc1. The van der Waals surface area contributed by atoms with Crippen molar-refractivity contribution in [2.24, 2.45) is 0 Å². The number of carboxylic acids is 1. The molecule has 1 unspecified atom stereocenters. The Kier molecular flexibility index (Phi) is 4.77. The van der Waals surface area contributed by atoms with E-state index in [0.717, 1.165) is 24.0 Å². The highest BCUT2D eigenvalue weighted by Crippen LogP contribution is 2.23. The molecule has 0 heterocycles. The molecule has 0 aliphatic carbocycles. The number of carbonyl (C=O) groups is 1. The molecule has 0 spiro atoms. The smallest absolute Gasteiger partial charge is 0.310 e. The fourth-order valence-corrected chi connectivity index (χ4v) is 1.73. The van der Waals surface area contributed by atoms with Crippen LogP contribution in [-0.2, 0) is 4.79 Å². The van der Waals surface area contributed by atoms with E-state index < -0.39 is 5.97 Å². The average molecular weight is 218 g/mol. The minimum atomic E-state index is -0.743. The molecule has 0 aromatic heterocycles. The predicted octanol–water partition coefficient (Wildman–Crippen LogP) is 3.60. The van der Waals surface area contributed by atoms with E-state index in [-0.39, 0.29) is 5.92 Å². The molecule has 1 aromatic carbocycles. The van der Waals surface area contributed by atoms with Crippen molar-refractivity contribution in [2.75, 3.05) is 0 Å². The lowest BCUT2D eigenvalue weighted by Gasteiger charge is -2.12. The summed E-state index contributed by atoms with van der Waals surface area (Å²) in [6.45, 7) is 5.79. The number of hydrogen-bond donors (Lipinski definition) is 1. The first-order valence-corrected chi connectivity index (χ1v) is 5.53. The van der Waals surface area contributed by atoms with E-state index in [1.165, 1.54) is 0 Å². The second-order valence-electron chi connectivity index (χ2n) is 4.15. The normalized spacial score (nSPS) is 12.1. The van der Waals surface area contributed by atoms with E-state index in [0.29, 0.717) is 6.42 Å². The van der Waals surface area contributed by atoms with Gasteiger partial charge in [0.1, 0.15) is 0 Å². The second kappa shape index (κ2) is 6.11. The highest BCUT2D eigenvalue weighted by atomic mass is 16.4. The van der Waals surface area contributed by atoms with Crippen molar-refractivity contribution in [3.05, 3.63) is 48.0 Å². The molecule has 0 aliphatic rings. The van der Waals surface area contributed by atoms with Crippen molar-refractivity contribution in [1.82, 2.24) is 0 Å². The number of carboxylic acid groups (broad SMARTS) is 1. The van der Waals surface area contributed by atoms with Crippen LogP contribution in [0.1, 0.15) is 37.7 Å². The van der Waals surface area contributed by atoms with E-state index in [1.54, 1.807) is 0 Å². The summed E-state index contributed by atoms with van der Waals surface area (Å²) in [5.41, 5.74) is 1.99. The summed E-state index contributed by atoms with van der Waals surface area (Å²) < 4.78 is 0. The van der Waals surface area contributed by atoms with Gasteiger partial charge < -0.3 is 5.11 Å². The Hall–Kier alpha value is -1.57. The Labute approximate surface area is 96.6 Å². The summed E-state index contributed by atoms with van der Waals surface area (Å²) in [6.07, 6.45) is 2.45. The van der Waals surface area contributed by atoms with E-state index >= 15 is 0 Å². The average Bonchev–Trinajstić information content (AvgIpc) is 2.25. The standard InChI is InChI=1S/C14H18O2/c1-11(2)7-6-10-13(14(15)16)12-8-4-3-5-9-12/h3-5,8-9,13H,1,6-7,10H2,2H3,(H,15,16). The topological polar surface area (TPSA) is 37.3 Å². The number of benzene rings is 1. The summed E-state index contributed by atoms with van der Waals surface area (Å²) in [6, 6.07) is 9.41. The highest BCUT2D eigenvalue weighted by Gasteiger charge is 2.18.